The summed E-state index contributed by atoms with van der Waals surface area (Å²) in [5.41, 5.74) is 0.338. The zero-order valence-electron chi connectivity index (χ0n) is 14.8. The van der Waals surface area contributed by atoms with E-state index in [1.54, 1.807) is 24.9 Å². The highest BCUT2D eigenvalue weighted by atomic mass is 32.2. The van der Waals surface area contributed by atoms with Crippen LogP contribution in [0.1, 0.15) is 12.5 Å². The predicted molar refractivity (Wildman–Crippen MR) is 99.9 cm³/mol. The molecule has 0 saturated heterocycles. The average molecular weight is 368 g/mol. The number of phenolic OH excluding ortho intramolecular Hbond substituents is 1. The first-order valence-corrected chi connectivity index (χ1v) is 9.19. The first-order valence-electron chi connectivity index (χ1n) is 8.21. The minimum absolute atomic E-state index is 0.106. The van der Waals surface area contributed by atoms with E-state index in [-0.39, 0.29) is 11.3 Å². The lowest BCUT2D eigenvalue weighted by molar-refractivity contribution is 0.0178. The van der Waals surface area contributed by atoms with Gasteiger partial charge in [0.15, 0.2) is 11.5 Å². The molecule has 6 nitrogen and oxygen atoms in total. The van der Waals surface area contributed by atoms with Crippen molar-refractivity contribution in [2.45, 2.75) is 12.5 Å². The van der Waals surface area contributed by atoms with Gasteiger partial charge in [-0.2, -0.15) is 0 Å². The van der Waals surface area contributed by atoms with Gasteiger partial charge in [0, 0.05) is 7.11 Å². The molecular weight excluding hydrogens is 342 g/mol. The molecule has 25 heavy (non-hydrogen) atoms. The predicted octanol–water partition coefficient (Wildman–Crippen LogP) is 2.54. The van der Waals surface area contributed by atoms with Crippen molar-refractivity contribution in [1.82, 2.24) is 0 Å². The van der Waals surface area contributed by atoms with Crippen molar-refractivity contribution < 1.29 is 24.1 Å². The standard InChI is InChI=1S/C18H26NO5S/c1-18(2)13-25-17(19-18)14-5-4-6-15(16(14)20)24-12-11-23-10-9-22-8-7-21-3/h4-6,20H,1,7-13H2,2-3H3/q-1. The molecule has 1 atom stereocenters. The summed E-state index contributed by atoms with van der Waals surface area (Å²) in [5.74, 6) is 1.33. The molecule has 0 amide bonds. The molecule has 0 bridgehead atoms. The highest BCUT2D eigenvalue weighted by Crippen LogP contribution is 2.37. The third kappa shape index (κ3) is 6.51. The summed E-state index contributed by atoms with van der Waals surface area (Å²) in [7, 11) is 1.64. The number of aliphatic imine (C=N–C) groups is 1. The third-order valence-corrected chi connectivity index (χ3v) is 4.76. The highest BCUT2D eigenvalue weighted by molar-refractivity contribution is 8.14. The van der Waals surface area contributed by atoms with E-state index >= 15 is 0 Å². The lowest BCUT2D eigenvalue weighted by atomic mass is 10.1. The fourth-order valence-electron chi connectivity index (χ4n) is 2.16. The van der Waals surface area contributed by atoms with Crippen LogP contribution in [0.3, 0.4) is 0 Å². The van der Waals surface area contributed by atoms with Crippen molar-refractivity contribution in [3.05, 3.63) is 30.7 Å². The van der Waals surface area contributed by atoms with Crippen LogP contribution in [0.4, 0.5) is 0 Å². The van der Waals surface area contributed by atoms with Gasteiger partial charge in [-0.15, -0.1) is 11.8 Å². The molecule has 0 fully saturated rings. The number of hydrogen-bond acceptors (Lipinski definition) is 7. The molecule has 7 heteroatoms. The van der Waals surface area contributed by atoms with E-state index in [9.17, 15) is 5.11 Å². The normalized spacial score (nSPS) is 19.9. The van der Waals surface area contributed by atoms with Gasteiger partial charge in [0.05, 0.1) is 43.6 Å². The second kappa shape index (κ2) is 10.0. The second-order valence-corrected chi connectivity index (χ2v) is 6.88. The molecule has 1 unspecified atom stereocenters. The maximum absolute atomic E-state index is 10.4. The largest absolute Gasteiger partial charge is 0.504 e. The second-order valence-electron chi connectivity index (χ2n) is 5.92. The summed E-state index contributed by atoms with van der Waals surface area (Å²) < 4.78 is 21.2. The topological polar surface area (TPSA) is 69.5 Å². The summed E-state index contributed by atoms with van der Waals surface area (Å²) in [6.07, 6.45) is 0. The average Bonchev–Trinajstić information content (AvgIpc) is 2.94. The number of benzene rings is 1. The van der Waals surface area contributed by atoms with Crippen LogP contribution in [0.15, 0.2) is 23.2 Å². The molecule has 1 aliphatic heterocycles. The summed E-state index contributed by atoms with van der Waals surface area (Å²) in [6, 6.07) is 5.41. The molecule has 0 saturated carbocycles. The number of ether oxygens (including phenoxy) is 4. The van der Waals surface area contributed by atoms with Crippen LogP contribution in [0, 0.1) is 6.92 Å². The number of rotatable bonds is 11. The van der Waals surface area contributed by atoms with Gasteiger partial charge >= 0.3 is 0 Å². The molecule has 0 aromatic heterocycles. The Kier molecular flexibility index (Phi) is 8.02. The molecular formula is C18H26NO5S-. The quantitative estimate of drug-likeness (QED) is 0.478. The van der Waals surface area contributed by atoms with Crippen molar-refractivity contribution in [3.8, 4) is 11.5 Å². The summed E-state index contributed by atoms with van der Waals surface area (Å²) in [4.78, 5) is 4.55. The maximum atomic E-state index is 10.4. The summed E-state index contributed by atoms with van der Waals surface area (Å²) in [6.45, 7) is 8.94. The van der Waals surface area contributed by atoms with Gasteiger partial charge in [0.2, 0.25) is 0 Å². The molecule has 0 aliphatic carbocycles. The van der Waals surface area contributed by atoms with E-state index in [0.29, 0.717) is 51.0 Å². The zero-order valence-corrected chi connectivity index (χ0v) is 15.6. The number of methoxy groups -OCH3 is 1. The summed E-state index contributed by atoms with van der Waals surface area (Å²) in [5, 5.41) is 11.2. The Hall–Kier alpha value is -1.28. The Bertz CT molecular complexity index is 577. The molecule has 1 aromatic rings. The van der Waals surface area contributed by atoms with E-state index in [4.69, 9.17) is 18.9 Å². The number of aromatic hydroxyl groups is 1. The first-order chi connectivity index (χ1) is 12.0. The van der Waals surface area contributed by atoms with Crippen LogP contribution in [0.25, 0.3) is 0 Å². The monoisotopic (exact) mass is 368 g/mol. The minimum Gasteiger partial charge on any atom is -0.504 e. The van der Waals surface area contributed by atoms with Gasteiger partial charge < -0.3 is 36.0 Å². The molecule has 0 spiro atoms. The van der Waals surface area contributed by atoms with Crippen molar-refractivity contribution >= 4 is 16.8 Å². The van der Waals surface area contributed by atoms with Crippen LogP contribution < -0.4 is 4.74 Å². The number of thioether (sulfide) groups is 1. The van der Waals surface area contributed by atoms with E-state index in [2.05, 4.69) is 11.9 Å². The maximum Gasteiger partial charge on any atom is 0.167 e. The Balaban J connectivity index is 1.75. The smallest absolute Gasteiger partial charge is 0.167 e. The molecule has 1 aromatic carbocycles. The van der Waals surface area contributed by atoms with Crippen molar-refractivity contribution in [2.24, 2.45) is 4.99 Å². The lowest BCUT2D eigenvalue weighted by Crippen LogP contribution is -2.15. The van der Waals surface area contributed by atoms with Crippen LogP contribution in [-0.4, -0.2) is 68.2 Å². The SMILES string of the molecule is [CH2-]C1(C)CSC(c2cccc(OCCOCCOCCOC)c2O)=N1. The zero-order chi connectivity index (χ0) is 18.1. The van der Waals surface area contributed by atoms with Gasteiger partial charge in [-0.3, -0.25) is 0 Å². The van der Waals surface area contributed by atoms with E-state index in [0.717, 1.165) is 10.8 Å². The fourth-order valence-corrected chi connectivity index (χ4v) is 3.28. The van der Waals surface area contributed by atoms with Crippen LogP contribution >= 0.6 is 11.8 Å². The third-order valence-electron chi connectivity index (χ3n) is 3.41. The van der Waals surface area contributed by atoms with Crippen LogP contribution in [-0.2, 0) is 14.2 Å². The molecule has 1 N–H and O–H groups in total. The highest BCUT2D eigenvalue weighted by Gasteiger charge is 2.23. The number of nitrogens with zero attached hydrogens (tertiary/aromatic N) is 1. The molecule has 140 valence electrons. The first kappa shape index (κ1) is 20.0. The Morgan fingerprint density at radius 1 is 1.16 bits per heavy atom. The fraction of sp³-hybridized carbons (Fsp3) is 0.556. The summed E-state index contributed by atoms with van der Waals surface area (Å²) >= 11 is 1.59. The number of para-hydroxylation sites is 1. The molecule has 1 heterocycles. The number of phenols is 1. The molecule has 2 rings (SSSR count). The van der Waals surface area contributed by atoms with Crippen molar-refractivity contribution in [3.63, 3.8) is 0 Å². The Labute approximate surface area is 153 Å². The molecule has 0 radical (unpaired) electrons. The number of hydrogen-bond donors (Lipinski definition) is 1. The Morgan fingerprint density at radius 2 is 1.84 bits per heavy atom. The van der Waals surface area contributed by atoms with Crippen LogP contribution in [0.5, 0.6) is 11.5 Å². The Morgan fingerprint density at radius 3 is 2.48 bits per heavy atom. The lowest BCUT2D eigenvalue weighted by Gasteiger charge is -2.19. The van der Waals surface area contributed by atoms with E-state index < -0.39 is 0 Å². The minimum atomic E-state index is -0.345. The van der Waals surface area contributed by atoms with E-state index in [1.165, 1.54) is 0 Å². The van der Waals surface area contributed by atoms with Crippen LogP contribution in [0.2, 0.25) is 0 Å². The van der Waals surface area contributed by atoms with Crippen molar-refractivity contribution in [1.29, 1.82) is 0 Å². The van der Waals surface area contributed by atoms with Gasteiger partial charge in [-0.05, 0) is 17.9 Å². The van der Waals surface area contributed by atoms with Gasteiger partial charge in [0.25, 0.3) is 0 Å². The van der Waals surface area contributed by atoms with E-state index in [1.807, 2.05) is 19.1 Å². The van der Waals surface area contributed by atoms with Gasteiger partial charge in [-0.25, -0.2) is 0 Å². The van der Waals surface area contributed by atoms with Gasteiger partial charge in [-0.1, -0.05) is 18.5 Å². The molecule has 1 aliphatic rings. The van der Waals surface area contributed by atoms with Crippen molar-refractivity contribution in [2.75, 3.05) is 52.5 Å². The van der Waals surface area contributed by atoms with Gasteiger partial charge in [0.1, 0.15) is 6.61 Å².